The lowest BCUT2D eigenvalue weighted by Gasteiger charge is -2.17. The summed E-state index contributed by atoms with van der Waals surface area (Å²) in [6.45, 7) is 1.31. The Balaban J connectivity index is 1.73. The van der Waals surface area contributed by atoms with Crippen LogP contribution in [0.15, 0.2) is 30.6 Å². The Labute approximate surface area is 133 Å². The van der Waals surface area contributed by atoms with Crippen LogP contribution < -0.4 is 15.4 Å². The number of aryl methyl sites for hydroxylation is 1. The number of halogens is 1. The molecule has 2 heterocycles. The lowest BCUT2D eigenvalue weighted by Crippen LogP contribution is -2.28. The molecule has 0 bridgehead atoms. The van der Waals surface area contributed by atoms with Crippen LogP contribution in [-0.2, 0) is 11.8 Å². The van der Waals surface area contributed by atoms with Crippen molar-refractivity contribution in [1.29, 1.82) is 0 Å². The molecule has 0 unspecified atom stereocenters. The Morgan fingerprint density at radius 1 is 1.48 bits per heavy atom. The second-order valence-electron chi connectivity index (χ2n) is 5.66. The maximum absolute atomic E-state index is 13.7. The molecule has 1 aliphatic rings. The first-order chi connectivity index (χ1) is 11.1. The second-order valence-corrected chi connectivity index (χ2v) is 5.66. The molecule has 2 atom stereocenters. The smallest absolute Gasteiger partial charge is 0.229 e. The number of nitrogens with one attached hydrogen (secondary N) is 2. The lowest BCUT2D eigenvalue weighted by atomic mass is 9.90. The van der Waals surface area contributed by atoms with Crippen LogP contribution in [-0.4, -0.2) is 35.9 Å². The molecule has 1 saturated heterocycles. The first kappa shape index (κ1) is 15.5. The Kier molecular flexibility index (Phi) is 4.29. The summed E-state index contributed by atoms with van der Waals surface area (Å²) in [7, 11) is 3.25. The zero-order chi connectivity index (χ0) is 16.4. The topological polar surface area (TPSA) is 68.2 Å². The molecule has 6 nitrogen and oxygen atoms in total. The van der Waals surface area contributed by atoms with Crippen molar-refractivity contribution in [3.63, 3.8) is 0 Å². The SMILES string of the molecule is COc1ccc(NC(=O)[C@H]2CNC[C@@H]2c2cnn(C)c2)cc1F. The monoisotopic (exact) mass is 318 g/mol. The number of carbonyl (C=O) groups excluding carboxylic acids is 1. The van der Waals surface area contributed by atoms with Gasteiger partial charge in [0.1, 0.15) is 0 Å². The van der Waals surface area contributed by atoms with Crippen molar-refractivity contribution in [2.24, 2.45) is 13.0 Å². The zero-order valence-corrected chi connectivity index (χ0v) is 13.0. The highest BCUT2D eigenvalue weighted by atomic mass is 19.1. The second kappa shape index (κ2) is 6.37. The van der Waals surface area contributed by atoms with Gasteiger partial charge in [-0.2, -0.15) is 5.10 Å². The number of benzene rings is 1. The van der Waals surface area contributed by atoms with Gasteiger partial charge in [-0.1, -0.05) is 0 Å². The number of nitrogens with zero attached hydrogens (tertiary/aromatic N) is 2. The van der Waals surface area contributed by atoms with E-state index in [0.29, 0.717) is 12.2 Å². The highest BCUT2D eigenvalue weighted by molar-refractivity contribution is 5.93. The lowest BCUT2D eigenvalue weighted by molar-refractivity contribution is -0.119. The fourth-order valence-electron chi connectivity index (χ4n) is 2.92. The van der Waals surface area contributed by atoms with Crippen molar-refractivity contribution in [3.8, 4) is 5.75 Å². The molecule has 7 heteroatoms. The Hall–Kier alpha value is -2.41. The van der Waals surface area contributed by atoms with Crippen molar-refractivity contribution in [3.05, 3.63) is 42.0 Å². The zero-order valence-electron chi connectivity index (χ0n) is 13.0. The number of rotatable bonds is 4. The Morgan fingerprint density at radius 3 is 2.96 bits per heavy atom. The number of carbonyl (C=O) groups is 1. The maximum atomic E-state index is 13.7. The maximum Gasteiger partial charge on any atom is 0.229 e. The molecule has 3 rings (SSSR count). The van der Waals surface area contributed by atoms with Crippen LogP contribution >= 0.6 is 0 Å². The van der Waals surface area contributed by atoms with E-state index in [1.54, 1.807) is 16.9 Å². The number of amides is 1. The molecule has 0 saturated carbocycles. The molecule has 23 heavy (non-hydrogen) atoms. The molecule has 122 valence electrons. The van der Waals surface area contributed by atoms with Crippen LogP contribution in [0.2, 0.25) is 0 Å². The molecule has 0 aliphatic carbocycles. The minimum Gasteiger partial charge on any atom is -0.494 e. The summed E-state index contributed by atoms with van der Waals surface area (Å²) in [5.74, 6) is -0.637. The third-order valence-corrected chi connectivity index (χ3v) is 4.12. The minimum absolute atomic E-state index is 0.0618. The molecular weight excluding hydrogens is 299 g/mol. The largest absolute Gasteiger partial charge is 0.494 e. The number of anilines is 1. The van der Waals surface area contributed by atoms with Crippen LogP contribution in [0.25, 0.3) is 0 Å². The summed E-state index contributed by atoms with van der Waals surface area (Å²) in [6.07, 6.45) is 3.70. The first-order valence-corrected chi connectivity index (χ1v) is 7.42. The average molecular weight is 318 g/mol. The standard InChI is InChI=1S/C16H19FN4O2/c1-21-9-10(6-19-21)12-7-18-8-13(12)16(22)20-11-3-4-15(23-2)14(17)5-11/h3-6,9,12-13,18H,7-8H2,1-2H3,(H,20,22)/t12-,13+/m1/s1. The third kappa shape index (κ3) is 3.19. The summed E-state index contributed by atoms with van der Waals surface area (Å²) in [6, 6.07) is 4.38. The van der Waals surface area contributed by atoms with Gasteiger partial charge in [-0.05, 0) is 17.7 Å². The fraction of sp³-hybridized carbons (Fsp3) is 0.375. The van der Waals surface area contributed by atoms with Crippen LogP contribution in [0.5, 0.6) is 5.75 Å². The fourth-order valence-corrected chi connectivity index (χ4v) is 2.92. The predicted molar refractivity (Wildman–Crippen MR) is 83.9 cm³/mol. The molecule has 1 aliphatic heterocycles. The van der Waals surface area contributed by atoms with Gasteiger partial charge in [-0.25, -0.2) is 4.39 Å². The summed E-state index contributed by atoms with van der Waals surface area (Å²) in [4.78, 5) is 12.5. The summed E-state index contributed by atoms with van der Waals surface area (Å²) >= 11 is 0. The summed E-state index contributed by atoms with van der Waals surface area (Å²) < 4.78 is 20.3. The van der Waals surface area contributed by atoms with Crippen molar-refractivity contribution >= 4 is 11.6 Å². The van der Waals surface area contributed by atoms with Crippen molar-refractivity contribution < 1.29 is 13.9 Å². The van der Waals surface area contributed by atoms with E-state index >= 15 is 0 Å². The van der Waals surface area contributed by atoms with Gasteiger partial charge in [0, 0.05) is 44.0 Å². The molecule has 1 aromatic carbocycles. The third-order valence-electron chi connectivity index (χ3n) is 4.12. The van der Waals surface area contributed by atoms with Gasteiger partial charge < -0.3 is 15.4 Å². The van der Waals surface area contributed by atoms with Gasteiger partial charge >= 0.3 is 0 Å². The van der Waals surface area contributed by atoms with E-state index in [1.165, 1.54) is 19.2 Å². The van der Waals surface area contributed by atoms with E-state index in [2.05, 4.69) is 15.7 Å². The van der Waals surface area contributed by atoms with Gasteiger partial charge in [0.2, 0.25) is 5.91 Å². The number of ether oxygens (including phenoxy) is 1. The van der Waals surface area contributed by atoms with Crippen molar-refractivity contribution in [2.75, 3.05) is 25.5 Å². The molecule has 1 amide bonds. The van der Waals surface area contributed by atoms with Gasteiger partial charge in [0.25, 0.3) is 0 Å². The Morgan fingerprint density at radius 2 is 2.30 bits per heavy atom. The van der Waals surface area contributed by atoms with Gasteiger partial charge in [0.05, 0.1) is 19.2 Å². The average Bonchev–Trinajstić information content (AvgIpc) is 3.15. The van der Waals surface area contributed by atoms with Crippen LogP contribution in [0.3, 0.4) is 0 Å². The van der Waals surface area contributed by atoms with E-state index in [9.17, 15) is 9.18 Å². The van der Waals surface area contributed by atoms with Gasteiger partial charge in [0.15, 0.2) is 11.6 Å². The van der Waals surface area contributed by atoms with E-state index in [4.69, 9.17) is 4.74 Å². The molecule has 1 aromatic heterocycles. The molecule has 0 radical (unpaired) electrons. The summed E-state index contributed by atoms with van der Waals surface area (Å²) in [5.41, 5.74) is 1.45. The van der Waals surface area contributed by atoms with E-state index in [-0.39, 0.29) is 23.5 Å². The van der Waals surface area contributed by atoms with Gasteiger partial charge in [-0.3, -0.25) is 9.48 Å². The highest BCUT2D eigenvalue weighted by Gasteiger charge is 2.34. The van der Waals surface area contributed by atoms with Crippen molar-refractivity contribution in [1.82, 2.24) is 15.1 Å². The first-order valence-electron chi connectivity index (χ1n) is 7.42. The normalized spacial score (nSPS) is 20.5. The van der Waals surface area contributed by atoms with Crippen LogP contribution in [0, 0.1) is 11.7 Å². The molecule has 1 fully saturated rings. The van der Waals surface area contributed by atoms with Crippen LogP contribution in [0.4, 0.5) is 10.1 Å². The number of hydrogen-bond acceptors (Lipinski definition) is 4. The van der Waals surface area contributed by atoms with Crippen molar-refractivity contribution in [2.45, 2.75) is 5.92 Å². The molecule has 0 spiro atoms. The van der Waals surface area contributed by atoms with Gasteiger partial charge in [-0.15, -0.1) is 0 Å². The summed E-state index contributed by atoms with van der Waals surface area (Å²) in [5, 5.41) is 10.2. The predicted octanol–water partition coefficient (Wildman–Crippen LogP) is 1.51. The molecule has 2 aromatic rings. The van der Waals surface area contributed by atoms with E-state index in [0.717, 1.165) is 12.1 Å². The molecular formula is C16H19FN4O2. The molecule has 2 N–H and O–H groups in total. The van der Waals surface area contributed by atoms with E-state index < -0.39 is 5.82 Å². The number of aromatic nitrogens is 2. The minimum atomic E-state index is -0.501. The Bertz CT molecular complexity index is 716. The highest BCUT2D eigenvalue weighted by Crippen LogP contribution is 2.29. The number of hydrogen-bond donors (Lipinski definition) is 2. The quantitative estimate of drug-likeness (QED) is 0.897. The number of methoxy groups -OCH3 is 1. The van der Waals surface area contributed by atoms with Crippen LogP contribution in [0.1, 0.15) is 11.5 Å². The van der Waals surface area contributed by atoms with E-state index in [1.807, 2.05) is 13.2 Å².